The van der Waals surface area contributed by atoms with Crippen LogP contribution in [0, 0.1) is 0 Å². The quantitative estimate of drug-likeness (QED) is 0.608. The van der Waals surface area contributed by atoms with Gasteiger partial charge in [0.15, 0.2) is 0 Å². The van der Waals surface area contributed by atoms with Gasteiger partial charge in [-0.1, -0.05) is 36.4 Å². The van der Waals surface area contributed by atoms with Crippen molar-refractivity contribution in [1.82, 2.24) is 4.90 Å². The summed E-state index contributed by atoms with van der Waals surface area (Å²) < 4.78 is 5.21. The summed E-state index contributed by atoms with van der Waals surface area (Å²) >= 11 is 0. The summed E-state index contributed by atoms with van der Waals surface area (Å²) in [5.41, 5.74) is 3.75. The highest BCUT2D eigenvalue weighted by molar-refractivity contribution is 6.36. The van der Waals surface area contributed by atoms with Gasteiger partial charge in [-0.3, -0.25) is 14.5 Å². The highest BCUT2D eigenvalue weighted by Crippen LogP contribution is 2.38. The summed E-state index contributed by atoms with van der Waals surface area (Å²) in [7, 11) is 1.59. The van der Waals surface area contributed by atoms with Gasteiger partial charge in [0.05, 0.1) is 12.7 Å². The Morgan fingerprint density at radius 1 is 1.07 bits per heavy atom. The Balaban J connectivity index is 1.86. The molecule has 5 nitrogen and oxygen atoms in total. The zero-order chi connectivity index (χ0) is 19.0. The molecule has 0 N–H and O–H groups in total. The lowest BCUT2D eigenvalue weighted by Crippen LogP contribution is -2.34. The molecule has 2 aromatic rings. The molecule has 136 valence electrons. The van der Waals surface area contributed by atoms with Gasteiger partial charge >= 0.3 is 0 Å². The molecule has 2 aliphatic heterocycles. The molecule has 2 heterocycles. The van der Waals surface area contributed by atoms with E-state index >= 15 is 0 Å². The lowest BCUT2D eigenvalue weighted by molar-refractivity contribution is -0.136. The Kier molecular flexibility index (Phi) is 4.28. The molecule has 0 aliphatic carbocycles. The molecular formula is C22H20N2O3. The van der Waals surface area contributed by atoms with Crippen molar-refractivity contribution in [3.63, 3.8) is 0 Å². The lowest BCUT2D eigenvalue weighted by Gasteiger charge is -2.21. The van der Waals surface area contributed by atoms with Crippen LogP contribution in [-0.4, -0.2) is 36.9 Å². The standard InChI is InChI=1S/C22H20N2O3/c1-3-13-24-21(25)19(16-8-10-17(27-2)11-9-16)20(22(24)26)23-14-12-15-6-4-5-7-18(15)23/h3-11H,1,12-14H2,2H3. The van der Waals surface area contributed by atoms with Crippen molar-refractivity contribution in [3.05, 3.63) is 78.0 Å². The van der Waals surface area contributed by atoms with E-state index in [4.69, 9.17) is 4.74 Å². The smallest absolute Gasteiger partial charge is 0.278 e. The average Bonchev–Trinajstić information content (AvgIpc) is 3.22. The molecule has 27 heavy (non-hydrogen) atoms. The molecular weight excluding hydrogens is 340 g/mol. The first kappa shape index (κ1) is 17.1. The van der Waals surface area contributed by atoms with Crippen LogP contribution in [0.3, 0.4) is 0 Å². The molecule has 0 radical (unpaired) electrons. The monoisotopic (exact) mass is 360 g/mol. The fourth-order valence-electron chi connectivity index (χ4n) is 3.70. The number of imide groups is 1. The molecule has 0 unspecified atom stereocenters. The van der Waals surface area contributed by atoms with Crippen LogP contribution in [0.15, 0.2) is 66.9 Å². The number of methoxy groups -OCH3 is 1. The Morgan fingerprint density at radius 3 is 2.52 bits per heavy atom. The number of hydrogen-bond donors (Lipinski definition) is 0. The fourth-order valence-corrected chi connectivity index (χ4v) is 3.70. The van der Waals surface area contributed by atoms with Crippen molar-refractivity contribution in [2.45, 2.75) is 6.42 Å². The Morgan fingerprint density at radius 2 is 1.81 bits per heavy atom. The van der Waals surface area contributed by atoms with E-state index in [1.54, 1.807) is 25.3 Å². The van der Waals surface area contributed by atoms with Crippen molar-refractivity contribution in [1.29, 1.82) is 0 Å². The molecule has 0 saturated carbocycles. The molecule has 4 rings (SSSR count). The van der Waals surface area contributed by atoms with Crippen molar-refractivity contribution in [2.75, 3.05) is 25.1 Å². The molecule has 2 amide bonds. The van der Waals surface area contributed by atoms with E-state index in [1.807, 2.05) is 35.2 Å². The summed E-state index contributed by atoms with van der Waals surface area (Å²) in [4.78, 5) is 29.4. The molecule has 0 aromatic heterocycles. The average molecular weight is 360 g/mol. The maximum absolute atomic E-state index is 13.1. The Hall–Kier alpha value is -3.34. The van der Waals surface area contributed by atoms with Crippen LogP contribution in [0.25, 0.3) is 5.57 Å². The number of nitrogens with zero attached hydrogens (tertiary/aromatic N) is 2. The zero-order valence-corrected chi connectivity index (χ0v) is 15.1. The Bertz CT molecular complexity index is 960. The summed E-state index contributed by atoms with van der Waals surface area (Å²) in [6.07, 6.45) is 2.42. The molecule has 0 saturated heterocycles. The van der Waals surface area contributed by atoms with Crippen LogP contribution in [0.2, 0.25) is 0 Å². The summed E-state index contributed by atoms with van der Waals surface area (Å²) in [5, 5.41) is 0. The first-order valence-corrected chi connectivity index (χ1v) is 8.87. The van der Waals surface area contributed by atoms with Crippen LogP contribution in [-0.2, 0) is 16.0 Å². The third-order valence-corrected chi connectivity index (χ3v) is 4.99. The lowest BCUT2D eigenvalue weighted by atomic mass is 10.0. The second-order valence-electron chi connectivity index (χ2n) is 6.49. The molecule has 0 atom stereocenters. The van der Waals surface area contributed by atoms with E-state index in [1.165, 1.54) is 10.5 Å². The predicted octanol–water partition coefficient (Wildman–Crippen LogP) is 3.02. The molecule has 2 aliphatic rings. The second kappa shape index (κ2) is 6.76. The molecule has 0 bridgehead atoms. The summed E-state index contributed by atoms with van der Waals surface area (Å²) in [6, 6.07) is 15.2. The van der Waals surface area contributed by atoms with Crippen LogP contribution < -0.4 is 9.64 Å². The van der Waals surface area contributed by atoms with Gasteiger partial charge < -0.3 is 9.64 Å². The van der Waals surface area contributed by atoms with E-state index in [2.05, 4.69) is 12.6 Å². The van der Waals surface area contributed by atoms with Crippen LogP contribution in [0.1, 0.15) is 11.1 Å². The zero-order valence-electron chi connectivity index (χ0n) is 15.1. The third-order valence-electron chi connectivity index (χ3n) is 4.99. The van der Waals surface area contributed by atoms with Gasteiger partial charge in [-0.25, -0.2) is 0 Å². The number of ether oxygens (including phenoxy) is 1. The van der Waals surface area contributed by atoms with Crippen molar-refractivity contribution in [3.8, 4) is 5.75 Å². The van der Waals surface area contributed by atoms with Crippen LogP contribution in [0.5, 0.6) is 5.75 Å². The van der Waals surface area contributed by atoms with E-state index in [0.29, 0.717) is 29.1 Å². The largest absolute Gasteiger partial charge is 0.497 e. The Labute approximate surface area is 158 Å². The maximum atomic E-state index is 13.1. The first-order valence-electron chi connectivity index (χ1n) is 8.87. The highest BCUT2D eigenvalue weighted by Gasteiger charge is 2.42. The number of rotatable bonds is 5. The number of amides is 2. The molecule has 0 fully saturated rings. The highest BCUT2D eigenvalue weighted by atomic mass is 16.5. The van der Waals surface area contributed by atoms with Crippen LogP contribution >= 0.6 is 0 Å². The number of para-hydroxylation sites is 1. The minimum atomic E-state index is -0.288. The normalized spacial score (nSPS) is 16.2. The number of benzene rings is 2. The second-order valence-corrected chi connectivity index (χ2v) is 6.49. The van der Waals surface area contributed by atoms with Gasteiger partial charge in [0.2, 0.25) is 0 Å². The molecule has 0 spiro atoms. The number of carbonyl (C=O) groups is 2. The number of fused-ring (bicyclic) bond motifs is 1. The number of hydrogen-bond acceptors (Lipinski definition) is 4. The fraction of sp³-hybridized carbons (Fsp3) is 0.182. The third kappa shape index (κ3) is 2.72. The van der Waals surface area contributed by atoms with E-state index < -0.39 is 0 Å². The molecule has 5 heteroatoms. The van der Waals surface area contributed by atoms with Crippen molar-refractivity contribution in [2.24, 2.45) is 0 Å². The van der Waals surface area contributed by atoms with Gasteiger partial charge in [-0.2, -0.15) is 0 Å². The summed E-state index contributed by atoms with van der Waals surface area (Å²) in [5.74, 6) is 0.138. The minimum Gasteiger partial charge on any atom is -0.497 e. The van der Waals surface area contributed by atoms with E-state index in [0.717, 1.165) is 12.1 Å². The van der Waals surface area contributed by atoms with Crippen LogP contribution in [0.4, 0.5) is 5.69 Å². The maximum Gasteiger partial charge on any atom is 0.278 e. The minimum absolute atomic E-state index is 0.191. The number of carbonyl (C=O) groups excluding carboxylic acids is 2. The van der Waals surface area contributed by atoms with E-state index in [9.17, 15) is 9.59 Å². The van der Waals surface area contributed by atoms with E-state index in [-0.39, 0.29) is 18.4 Å². The topological polar surface area (TPSA) is 49.9 Å². The first-order chi connectivity index (χ1) is 13.2. The van der Waals surface area contributed by atoms with Gasteiger partial charge in [-0.05, 0) is 35.7 Å². The van der Waals surface area contributed by atoms with Gasteiger partial charge in [-0.15, -0.1) is 6.58 Å². The summed E-state index contributed by atoms with van der Waals surface area (Å²) in [6.45, 7) is 4.54. The van der Waals surface area contributed by atoms with Gasteiger partial charge in [0.25, 0.3) is 11.8 Å². The predicted molar refractivity (Wildman–Crippen MR) is 104 cm³/mol. The SMILES string of the molecule is C=CCN1C(=O)C(c2ccc(OC)cc2)=C(N2CCc3ccccc32)C1=O. The number of anilines is 1. The van der Waals surface area contributed by atoms with Crippen molar-refractivity contribution < 1.29 is 14.3 Å². The molecule has 2 aromatic carbocycles. The van der Waals surface area contributed by atoms with Crippen molar-refractivity contribution >= 4 is 23.1 Å². The van der Waals surface area contributed by atoms with Gasteiger partial charge in [0.1, 0.15) is 11.4 Å². The van der Waals surface area contributed by atoms with Gasteiger partial charge in [0, 0.05) is 18.8 Å².